The maximum Gasteiger partial charge on any atom is 0.271 e. The number of hydrogen-bond donors (Lipinski definition) is 3. The average molecular weight is 313 g/mol. The second kappa shape index (κ2) is 6.47. The molecule has 8 heteroatoms. The van der Waals surface area contributed by atoms with Gasteiger partial charge in [0, 0.05) is 6.54 Å². The van der Waals surface area contributed by atoms with Crippen LogP contribution in [-0.4, -0.2) is 10.9 Å². The van der Waals surface area contributed by atoms with Crippen molar-refractivity contribution >= 4 is 23.3 Å². The van der Waals surface area contributed by atoms with E-state index in [0.29, 0.717) is 5.56 Å². The highest BCUT2D eigenvalue weighted by Gasteiger charge is 2.13. The molecule has 1 aromatic heterocycles. The highest BCUT2D eigenvalue weighted by atomic mass is 35.5. The molecule has 110 valence electrons. The minimum absolute atomic E-state index is 0.00826. The zero-order valence-corrected chi connectivity index (χ0v) is 11.4. The van der Waals surface area contributed by atoms with Gasteiger partial charge in [-0.2, -0.15) is 0 Å². The molecule has 0 fully saturated rings. The Morgan fingerprint density at radius 2 is 2.00 bits per heavy atom. The van der Waals surface area contributed by atoms with Crippen LogP contribution < -0.4 is 16.6 Å². The lowest BCUT2D eigenvalue weighted by Gasteiger charge is -2.08. The summed E-state index contributed by atoms with van der Waals surface area (Å²) in [6.45, 7) is 0.00826. The number of nitrogens with zero attached hydrogens (tertiary/aromatic N) is 1. The summed E-state index contributed by atoms with van der Waals surface area (Å²) in [6, 6.07) is 6.33. The van der Waals surface area contributed by atoms with Crippen LogP contribution in [-0.2, 0) is 6.54 Å². The van der Waals surface area contributed by atoms with Gasteiger partial charge < -0.3 is 10.7 Å². The van der Waals surface area contributed by atoms with Crippen molar-refractivity contribution in [2.45, 2.75) is 6.54 Å². The lowest BCUT2D eigenvalue weighted by Crippen LogP contribution is -2.25. The topological polar surface area (TPSA) is 80.0 Å². The molecule has 1 heterocycles. The number of pyridine rings is 1. The van der Waals surface area contributed by atoms with E-state index in [2.05, 4.69) is 15.7 Å². The molecule has 2 rings (SSSR count). The number of aromatic nitrogens is 1. The number of nitrogens with two attached hydrogens (primary N) is 1. The van der Waals surface area contributed by atoms with E-state index in [1.807, 2.05) is 0 Å². The fourth-order valence-electron chi connectivity index (χ4n) is 1.60. The molecule has 21 heavy (non-hydrogen) atoms. The van der Waals surface area contributed by atoms with Crippen molar-refractivity contribution in [1.29, 1.82) is 0 Å². The van der Waals surface area contributed by atoms with Crippen molar-refractivity contribution in [2.75, 3.05) is 5.43 Å². The monoisotopic (exact) mass is 312 g/mol. The van der Waals surface area contributed by atoms with Crippen molar-refractivity contribution < 1.29 is 13.6 Å². The summed E-state index contributed by atoms with van der Waals surface area (Å²) >= 11 is 5.87. The van der Waals surface area contributed by atoms with Crippen LogP contribution in [0, 0.1) is 11.6 Å². The highest BCUT2D eigenvalue weighted by Crippen LogP contribution is 2.16. The summed E-state index contributed by atoms with van der Waals surface area (Å²) in [4.78, 5) is 15.9. The normalized spacial score (nSPS) is 10.3. The van der Waals surface area contributed by atoms with Gasteiger partial charge in [0.15, 0.2) is 11.6 Å². The first-order valence-corrected chi connectivity index (χ1v) is 6.24. The molecule has 0 saturated heterocycles. The fraction of sp³-hybridized carbons (Fsp3) is 0.0769. The van der Waals surface area contributed by atoms with Gasteiger partial charge in [0.2, 0.25) is 0 Å². The smallest absolute Gasteiger partial charge is 0.271 e. The number of nitrogens with one attached hydrogen (secondary N) is 2. The third kappa shape index (κ3) is 3.65. The molecule has 0 radical (unpaired) electrons. The maximum atomic E-state index is 13.0. The SMILES string of the molecule is NNc1ccc(Cl)c(C(=O)NCc2ccc(F)c(F)c2)n1. The second-order valence-electron chi connectivity index (χ2n) is 4.10. The standard InChI is InChI=1S/C13H11ClF2N4O/c14-8-2-4-11(20-17)19-12(8)13(21)18-6-7-1-3-9(15)10(16)5-7/h1-5H,6,17H2,(H,18,21)(H,19,20). The Balaban J connectivity index is 2.09. The van der Waals surface area contributed by atoms with Crippen molar-refractivity contribution in [3.8, 4) is 0 Å². The molecule has 0 bridgehead atoms. The number of rotatable bonds is 4. The summed E-state index contributed by atoms with van der Waals surface area (Å²) in [5.74, 6) is 2.99. The Labute approximate surface area is 124 Å². The molecular formula is C13H11ClF2N4O. The molecule has 0 aliphatic rings. The predicted octanol–water partition coefficient (Wildman–Crippen LogP) is 2.23. The Morgan fingerprint density at radius 3 is 2.67 bits per heavy atom. The Kier molecular flexibility index (Phi) is 4.66. The Bertz CT molecular complexity index is 681. The quantitative estimate of drug-likeness (QED) is 0.597. The van der Waals surface area contributed by atoms with Crippen LogP contribution in [0.3, 0.4) is 0 Å². The molecule has 0 spiro atoms. The number of carbonyl (C=O) groups excluding carboxylic acids is 1. The Hall–Kier alpha value is -2.25. The van der Waals surface area contributed by atoms with Crippen molar-refractivity contribution in [3.63, 3.8) is 0 Å². The average Bonchev–Trinajstić information content (AvgIpc) is 2.48. The van der Waals surface area contributed by atoms with Crippen LogP contribution in [0.1, 0.15) is 16.1 Å². The van der Waals surface area contributed by atoms with Crippen LogP contribution in [0.5, 0.6) is 0 Å². The van der Waals surface area contributed by atoms with Crippen LogP contribution in [0.4, 0.5) is 14.6 Å². The number of amides is 1. The predicted molar refractivity (Wildman–Crippen MR) is 74.6 cm³/mol. The lowest BCUT2D eigenvalue weighted by atomic mass is 10.2. The van der Waals surface area contributed by atoms with E-state index in [0.717, 1.165) is 12.1 Å². The molecule has 5 nitrogen and oxygen atoms in total. The van der Waals surface area contributed by atoms with Gasteiger partial charge >= 0.3 is 0 Å². The van der Waals surface area contributed by atoms with Gasteiger partial charge in [-0.1, -0.05) is 17.7 Å². The number of carbonyl (C=O) groups is 1. The lowest BCUT2D eigenvalue weighted by molar-refractivity contribution is 0.0946. The van der Waals surface area contributed by atoms with Crippen molar-refractivity contribution in [1.82, 2.24) is 10.3 Å². The van der Waals surface area contributed by atoms with Crippen LogP contribution in [0.25, 0.3) is 0 Å². The van der Waals surface area contributed by atoms with Crippen LogP contribution in [0.15, 0.2) is 30.3 Å². The minimum atomic E-state index is -0.979. The van der Waals surface area contributed by atoms with E-state index in [9.17, 15) is 13.6 Å². The highest BCUT2D eigenvalue weighted by molar-refractivity contribution is 6.33. The van der Waals surface area contributed by atoms with Gasteiger partial charge in [0.05, 0.1) is 5.02 Å². The Morgan fingerprint density at radius 1 is 1.24 bits per heavy atom. The first kappa shape index (κ1) is 15.1. The molecule has 4 N–H and O–H groups in total. The van der Waals surface area contributed by atoms with Gasteiger partial charge in [-0.05, 0) is 29.8 Å². The molecule has 0 atom stereocenters. The van der Waals surface area contributed by atoms with Crippen LogP contribution in [0.2, 0.25) is 5.02 Å². The molecule has 0 saturated carbocycles. The van der Waals surface area contributed by atoms with Crippen LogP contribution >= 0.6 is 11.6 Å². The molecule has 0 unspecified atom stereocenters. The zero-order chi connectivity index (χ0) is 15.4. The summed E-state index contributed by atoms with van der Waals surface area (Å²) < 4.78 is 25.8. The number of hydrogen-bond acceptors (Lipinski definition) is 4. The first-order chi connectivity index (χ1) is 10.0. The zero-order valence-electron chi connectivity index (χ0n) is 10.7. The second-order valence-corrected chi connectivity index (χ2v) is 4.51. The number of anilines is 1. The molecule has 1 amide bonds. The largest absolute Gasteiger partial charge is 0.347 e. The minimum Gasteiger partial charge on any atom is -0.347 e. The van der Waals surface area contributed by atoms with Gasteiger partial charge in [-0.15, -0.1) is 0 Å². The first-order valence-electron chi connectivity index (χ1n) is 5.86. The maximum absolute atomic E-state index is 13.0. The third-order valence-electron chi connectivity index (χ3n) is 2.65. The summed E-state index contributed by atoms with van der Waals surface area (Å²) in [5.41, 5.74) is 2.69. The molecule has 0 aliphatic carbocycles. The van der Waals surface area contributed by atoms with Crippen molar-refractivity contribution in [3.05, 3.63) is 58.2 Å². The van der Waals surface area contributed by atoms with E-state index >= 15 is 0 Å². The molecular weight excluding hydrogens is 302 g/mol. The molecule has 2 aromatic rings. The van der Waals surface area contributed by atoms with Gasteiger partial charge in [-0.3, -0.25) is 4.79 Å². The van der Waals surface area contributed by atoms with Gasteiger partial charge in [-0.25, -0.2) is 19.6 Å². The van der Waals surface area contributed by atoms with E-state index in [4.69, 9.17) is 17.4 Å². The van der Waals surface area contributed by atoms with Gasteiger partial charge in [0.1, 0.15) is 11.5 Å². The molecule has 0 aliphatic heterocycles. The summed E-state index contributed by atoms with van der Waals surface area (Å²) in [6.07, 6.45) is 0. The van der Waals surface area contributed by atoms with E-state index < -0.39 is 17.5 Å². The number of nitrogen functional groups attached to an aromatic ring is 1. The van der Waals surface area contributed by atoms with E-state index in [1.54, 1.807) is 0 Å². The van der Waals surface area contributed by atoms with E-state index in [-0.39, 0.29) is 23.1 Å². The number of hydrazine groups is 1. The van der Waals surface area contributed by atoms with E-state index in [1.165, 1.54) is 18.2 Å². The number of benzene rings is 1. The van der Waals surface area contributed by atoms with Gasteiger partial charge in [0.25, 0.3) is 5.91 Å². The fourth-order valence-corrected chi connectivity index (χ4v) is 1.79. The summed E-state index contributed by atoms with van der Waals surface area (Å²) in [5, 5.41) is 2.66. The van der Waals surface area contributed by atoms with Crippen molar-refractivity contribution in [2.24, 2.45) is 5.84 Å². The molecule has 1 aromatic carbocycles. The third-order valence-corrected chi connectivity index (χ3v) is 2.95. The number of halogens is 3. The summed E-state index contributed by atoms with van der Waals surface area (Å²) in [7, 11) is 0.